The number of rotatable bonds is 9. The molecule has 1 aliphatic heterocycles. The lowest BCUT2D eigenvalue weighted by Crippen LogP contribution is -2.63. The highest BCUT2D eigenvalue weighted by Crippen LogP contribution is 2.34. The number of nitrogens with zero attached hydrogens (tertiary/aromatic N) is 3. The minimum absolute atomic E-state index is 0.0303. The molecule has 1 fully saturated rings. The molecule has 0 aliphatic carbocycles. The molecule has 1 saturated heterocycles. The van der Waals surface area contributed by atoms with Crippen LogP contribution in [0.1, 0.15) is 13.3 Å². The smallest absolute Gasteiger partial charge is 0.406 e. The number of anilines is 1. The molecule has 2 amide bonds. The second-order valence-electron chi connectivity index (χ2n) is 7.28. The number of alkyl halides is 5. The summed E-state index contributed by atoms with van der Waals surface area (Å²) in [6, 6.07) is 3.56. The number of nitrogens with one attached hydrogen (secondary N) is 1. The largest absolute Gasteiger partial charge is 0.573 e. The molecule has 1 aromatic rings. The van der Waals surface area contributed by atoms with Gasteiger partial charge in [0.1, 0.15) is 5.75 Å². The van der Waals surface area contributed by atoms with Crippen LogP contribution in [0.3, 0.4) is 0 Å². The number of hydrogen-bond donors (Lipinski definition) is 1. The topological polar surface area (TPSA) is 92.6 Å². The monoisotopic (exact) mass is 506 g/mol. The van der Waals surface area contributed by atoms with E-state index in [2.05, 4.69) is 26.8 Å². The maximum atomic E-state index is 14.1. The zero-order chi connectivity index (χ0) is 25.5. The van der Waals surface area contributed by atoms with Gasteiger partial charge in [-0.2, -0.15) is 0 Å². The second kappa shape index (κ2) is 11.4. The van der Waals surface area contributed by atoms with Gasteiger partial charge >= 0.3 is 6.36 Å². The van der Waals surface area contributed by atoms with Crippen LogP contribution >= 0.6 is 11.6 Å². The number of amides is 2. The van der Waals surface area contributed by atoms with Gasteiger partial charge in [0.25, 0.3) is 17.4 Å². The van der Waals surface area contributed by atoms with Crippen LogP contribution in [0.5, 0.6) is 5.75 Å². The molecule has 1 heterocycles. The van der Waals surface area contributed by atoms with Crippen molar-refractivity contribution in [1.82, 2.24) is 5.32 Å². The Labute approximate surface area is 198 Å². The van der Waals surface area contributed by atoms with E-state index in [-0.39, 0.29) is 23.9 Å². The Morgan fingerprint density at radius 1 is 1.35 bits per heavy atom. The molecule has 0 spiro atoms. The fourth-order valence-corrected chi connectivity index (χ4v) is 3.46. The minimum atomic E-state index is -4.95. The number of benzene rings is 1. The van der Waals surface area contributed by atoms with E-state index < -0.39 is 35.1 Å². The number of halogens is 5. The highest BCUT2D eigenvalue weighted by atomic mass is 35.5. The average Bonchev–Trinajstić information content (AvgIpc) is 3.26. The molecule has 0 bridgehead atoms. The quantitative estimate of drug-likeness (QED) is 0.316. The Morgan fingerprint density at radius 2 is 2.00 bits per heavy atom. The summed E-state index contributed by atoms with van der Waals surface area (Å²) in [5, 5.41) is 2.74. The third-order valence-corrected chi connectivity index (χ3v) is 5.14. The normalized spacial score (nSPS) is 19.4. The zero-order valence-electron chi connectivity index (χ0n) is 18.3. The SMILES string of the molecule is C=N/C=C(\C=NC)[C@](C)(C(=O)NC1CCOC1)N(C(=O)[C@H](F)Cl)c1ccc(OC(F)(F)F)cc1. The molecule has 0 aromatic heterocycles. The predicted molar refractivity (Wildman–Crippen MR) is 119 cm³/mol. The van der Waals surface area contributed by atoms with Crippen molar-refractivity contribution >= 4 is 42.0 Å². The van der Waals surface area contributed by atoms with E-state index in [4.69, 9.17) is 16.3 Å². The number of aliphatic imine (C=N–C) groups is 2. The Kier molecular flexibility index (Phi) is 9.16. The third kappa shape index (κ3) is 6.54. The molecule has 1 unspecified atom stereocenters. The zero-order valence-corrected chi connectivity index (χ0v) is 19.1. The minimum Gasteiger partial charge on any atom is -0.406 e. The molecule has 0 saturated carbocycles. The number of carbonyl (C=O) groups excluding carboxylic acids is 2. The van der Waals surface area contributed by atoms with E-state index in [9.17, 15) is 27.2 Å². The van der Waals surface area contributed by atoms with Crippen molar-refractivity contribution in [3.63, 3.8) is 0 Å². The maximum absolute atomic E-state index is 14.1. The molecular formula is C21H23ClF4N4O4. The van der Waals surface area contributed by atoms with E-state index in [0.717, 1.165) is 35.4 Å². The molecule has 0 radical (unpaired) electrons. The molecule has 13 heteroatoms. The first-order valence-electron chi connectivity index (χ1n) is 9.89. The summed E-state index contributed by atoms with van der Waals surface area (Å²) in [4.78, 5) is 34.7. The van der Waals surface area contributed by atoms with Crippen LogP contribution in [0.15, 0.2) is 46.0 Å². The summed E-state index contributed by atoms with van der Waals surface area (Å²) in [6.07, 6.45) is -2.07. The van der Waals surface area contributed by atoms with Crippen LogP contribution in [-0.4, -0.2) is 68.6 Å². The number of carbonyl (C=O) groups is 2. The van der Waals surface area contributed by atoms with Gasteiger partial charge in [0.15, 0.2) is 5.54 Å². The van der Waals surface area contributed by atoms with E-state index in [1.54, 1.807) is 0 Å². The maximum Gasteiger partial charge on any atom is 0.573 e. The molecule has 1 aliphatic rings. The second-order valence-corrected chi connectivity index (χ2v) is 7.66. The first-order valence-corrected chi connectivity index (χ1v) is 10.3. The van der Waals surface area contributed by atoms with Crippen LogP contribution < -0.4 is 15.0 Å². The summed E-state index contributed by atoms with van der Waals surface area (Å²) >= 11 is 5.46. The van der Waals surface area contributed by atoms with Crippen molar-refractivity contribution in [3.05, 3.63) is 36.0 Å². The summed E-state index contributed by atoms with van der Waals surface area (Å²) in [5.74, 6) is -2.68. The van der Waals surface area contributed by atoms with Gasteiger partial charge in [0, 0.05) is 37.3 Å². The van der Waals surface area contributed by atoms with Crippen molar-refractivity contribution < 1.29 is 36.6 Å². The number of hydrogen-bond acceptors (Lipinski definition) is 6. The molecular weight excluding hydrogens is 484 g/mol. The Hall–Kier alpha value is -2.99. The summed E-state index contributed by atoms with van der Waals surface area (Å²) in [6.45, 7) is 5.28. The van der Waals surface area contributed by atoms with Crippen molar-refractivity contribution in [2.45, 2.75) is 36.9 Å². The Bertz CT molecular complexity index is 947. The van der Waals surface area contributed by atoms with Gasteiger partial charge in [-0.25, -0.2) is 4.39 Å². The van der Waals surface area contributed by atoms with Crippen LogP contribution in [0, 0.1) is 0 Å². The van der Waals surface area contributed by atoms with Crippen molar-refractivity contribution in [2.24, 2.45) is 9.98 Å². The molecule has 1 N–H and O–H groups in total. The van der Waals surface area contributed by atoms with Crippen molar-refractivity contribution in [2.75, 3.05) is 25.2 Å². The average molecular weight is 507 g/mol. The molecule has 8 nitrogen and oxygen atoms in total. The third-order valence-electron chi connectivity index (χ3n) is 4.95. The van der Waals surface area contributed by atoms with E-state index in [1.807, 2.05) is 0 Å². The van der Waals surface area contributed by atoms with Gasteiger partial charge in [-0.1, -0.05) is 11.6 Å². The lowest BCUT2D eigenvalue weighted by Gasteiger charge is -2.41. The van der Waals surface area contributed by atoms with Gasteiger partial charge in [-0.05, 0) is 44.3 Å². The lowest BCUT2D eigenvalue weighted by molar-refractivity contribution is -0.274. The van der Waals surface area contributed by atoms with E-state index in [0.29, 0.717) is 13.0 Å². The van der Waals surface area contributed by atoms with Crippen LogP contribution in [-0.2, 0) is 14.3 Å². The number of ether oxygens (including phenoxy) is 2. The van der Waals surface area contributed by atoms with Gasteiger partial charge in [-0.15, -0.1) is 13.2 Å². The summed E-state index contributed by atoms with van der Waals surface area (Å²) in [7, 11) is 1.40. The van der Waals surface area contributed by atoms with Crippen LogP contribution in [0.25, 0.3) is 0 Å². The van der Waals surface area contributed by atoms with Crippen molar-refractivity contribution in [3.8, 4) is 5.75 Å². The van der Waals surface area contributed by atoms with Crippen LogP contribution in [0.2, 0.25) is 0 Å². The summed E-state index contributed by atoms with van der Waals surface area (Å²) in [5.41, 5.74) is -4.68. The van der Waals surface area contributed by atoms with Crippen LogP contribution in [0.4, 0.5) is 23.2 Å². The first-order chi connectivity index (χ1) is 15.9. The molecule has 2 rings (SSSR count). The van der Waals surface area contributed by atoms with Crippen molar-refractivity contribution in [1.29, 1.82) is 0 Å². The van der Waals surface area contributed by atoms with Gasteiger partial charge in [-0.3, -0.25) is 24.5 Å². The van der Waals surface area contributed by atoms with E-state index in [1.165, 1.54) is 20.2 Å². The molecule has 186 valence electrons. The lowest BCUT2D eigenvalue weighted by atomic mass is 9.88. The Balaban J connectivity index is 2.65. The van der Waals surface area contributed by atoms with E-state index >= 15 is 0 Å². The summed E-state index contributed by atoms with van der Waals surface area (Å²) < 4.78 is 60.9. The first kappa shape index (κ1) is 27.3. The van der Waals surface area contributed by atoms with Gasteiger partial charge in [0.05, 0.1) is 12.6 Å². The molecule has 1 aromatic carbocycles. The standard InChI is InChI=1S/C21H23ClF4N4O4/c1-20(13(10-27-2)11-28-3,19(32)29-14-8-9-33-12-14)30(18(31)17(22)23)15-4-6-16(7-5-15)34-21(24,25)26/h4-7,10-11,14,17H,2,8-9,12H2,1,3H3,(H,29,32)/b13-10+,28-11?/t14?,17-,20+/m0/s1. The Morgan fingerprint density at radius 3 is 2.47 bits per heavy atom. The molecule has 34 heavy (non-hydrogen) atoms. The molecule has 3 atom stereocenters. The highest BCUT2D eigenvalue weighted by Gasteiger charge is 2.48. The fraction of sp³-hybridized carbons (Fsp3) is 0.429. The van der Waals surface area contributed by atoms with Gasteiger partial charge < -0.3 is 14.8 Å². The highest BCUT2D eigenvalue weighted by molar-refractivity contribution is 6.32. The predicted octanol–water partition coefficient (Wildman–Crippen LogP) is 3.40. The fourth-order valence-electron chi connectivity index (χ4n) is 3.36. The van der Waals surface area contributed by atoms with Gasteiger partial charge in [0.2, 0.25) is 0 Å².